The van der Waals surface area contributed by atoms with Crippen molar-refractivity contribution >= 4 is 28.6 Å². The molecule has 140 valence electrons. The van der Waals surface area contributed by atoms with Gasteiger partial charge >= 0.3 is 0 Å². The van der Waals surface area contributed by atoms with Crippen molar-refractivity contribution in [3.8, 4) is 10.6 Å². The Balaban J connectivity index is 1.46. The summed E-state index contributed by atoms with van der Waals surface area (Å²) in [6.45, 7) is 0. The molecule has 0 fully saturated rings. The number of hydrogen-bond donors (Lipinski definition) is 1. The van der Waals surface area contributed by atoms with Crippen LogP contribution in [-0.2, 0) is 17.6 Å². The van der Waals surface area contributed by atoms with Crippen molar-refractivity contribution in [1.82, 2.24) is 10.3 Å². The van der Waals surface area contributed by atoms with Crippen LogP contribution in [0, 0.1) is 0 Å². The van der Waals surface area contributed by atoms with Crippen LogP contribution in [0.3, 0.4) is 0 Å². The predicted octanol–water partition coefficient (Wildman–Crippen LogP) is 5.51. The zero-order valence-corrected chi connectivity index (χ0v) is 16.9. The second-order valence-electron chi connectivity index (χ2n) is 6.55. The number of nitrogens with one attached hydrogen (secondary N) is 1. The third-order valence-corrected chi connectivity index (χ3v) is 6.10. The summed E-state index contributed by atoms with van der Waals surface area (Å²) in [5.74, 6) is -0.00745. The van der Waals surface area contributed by atoms with Gasteiger partial charge < -0.3 is 5.32 Å². The molecule has 0 aliphatic heterocycles. The maximum absolute atomic E-state index is 12.7. The molecule has 3 nitrogen and oxygen atoms in total. The summed E-state index contributed by atoms with van der Waals surface area (Å²) in [7, 11) is 0. The maximum Gasteiger partial charge on any atom is 0.226 e. The van der Waals surface area contributed by atoms with E-state index in [0.717, 1.165) is 28.2 Å². The molecular formula is C23H20N2OS2. The first-order valence-electron chi connectivity index (χ1n) is 9.13. The van der Waals surface area contributed by atoms with Crippen LogP contribution in [0.2, 0.25) is 0 Å². The average Bonchev–Trinajstić information content (AvgIpc) is 3.41. The summed E-state index contributed by atoms with van der Waals surface area (Å²) in [5.41, 5.74) is 4.24. The largest absolute Gasteiger partial charge is 0.349 e. The molecule has 0 saturated heterocycles. The van der Waals surface area contributed by atoms with Crippen molar-refractivity contribution in [2.75, 3.05) is 0 Å². The molecule has 1 atom stereocenters. The lowest BCUT2D eigenvalue weighted by molar-refractivity contribution is -0.121. The SMILES string of the molecule is O=C(Cc1csc(-c2ccsc2)n1)NC(Cc1ccccc1)c1ccccc1. The van der Waals surface area contributed by atoms with Crippen molar-refractivity contribution in [2.24, 2.45) is 0 Å². The molecule has 2 aromatic heterocycles. The van der Waals surface area contributed by atoms with E-state index in [9.17, 15) is 4.79 Å². The molecule has 28 heavy (non-hydrogen) atoms. The number of thiophene rings is 1. The molecule has 0 bridgehead atoms. The van der Waals surface area contributed by atoms with E-state index in [2.05, 4.69) is 46.0 Å². The van der Waals surface area contributed by atoms with Crippen LogP contribution in [0.4, 0.5) is 0 Å². The van der Waals surface area contributed by atoms with E-state index in [1.165, 1.54) is 5.56 Å². The lowest BCUT2D eigenvalue weighted by Gasteiger charge is -2.19. The topological polar surface area (TPSA) is 42.0 Å². The van der Waals surface area contributed by atoms with Crippen LogP contribution in [0.15, 0.2) is 82.9 Å². The fraction of sp³-hybridized carbons (Fsp3) is 0.130. The molecule has 4 aromatic rings. The number of hydrogen-bond acceptors (Lipinski definition) is 4. The molecule has 2 heterocycles. The molecule has 0 aliphatic carbocycles. The third-order valence-electron chi connectivity index (χ3n) is 4.48. The predicted molar refractivity (Wildman–Crippen MR) is 117 cm³/mol. The Kier molecular flexibility index (Phi) is 5.95. The Morgan fingerprint density at radius 1 is 0.964 bits per heavy atom. The van der Waals surface area contributed by atoms with E-state index >= 15 is 0 Å². The highest BCUT2D eigenvalue weighted by molar-refractivity contribution is 7.14. The van der Waals surface area contributed by atoms with Gasteiger partial charge in [0.1, 0.15) is 5.01 Å². The van der Waals surface area contributed by atoms with Gasteiger partial charge in [0, 0.05) is 16.3 Å². The maximum atomic E-state index is 12.7. The fourth-order valence-corrected chi connectivity index (χ4v) is 4.64. The van der Waals surface area contributed by atoms with Crippen LogP contribution < -0.4 is 5.32 Å². The molecule has 5 heteroatoms. The van der Waals surface area contributed by atoms with Crippen molar-refractivity contribution in [3.63, 3.8) is 0 Å². The van der Waals surface area contributed by atoms with Gasteiger partial charge in [-0.25, -0.2) is 4.98 Å². The Morgan fingerprint density at radius 3 is 2.43 bits per heavy atom. The monoisotopic (exact) mass is 404 g/mol. The van der Waals surface area contributed by atoms with Gasteiger partial charge in [0.05, 0.1) is 18.2 Å². The van der Waals surface area contributed by atoms with E-state index in [0.29, 0.717) is 6.42 Å². The molecule has 0 spiro atoms. The number of thiazole rings is 1. The highest BCUT2D eigenvalue weighted by Gasteiger charge is 2.17. The van der Waals surface area contributed by atoms with Gasteiger partial charge in [-0.1, -0.05) is 60.7 Å². The Labute approximate surface area is 172 Å². The molecule has 1 N–H and O–H groups in total. The van der Waals surface area contributed by atoms with Crippen LogP contribution in [0.25, 0.3) is 10.6 Å². The average molecular weight is 405 g/mol. The van der Waals surface area contributed by atoms with Gasteiger partial charge in [0.2, 0.25) is 5.91 Å². The zero-order valence-electron chi connectivity index (χ0n) is 15.2. The van der Waals surface area contributed by atoms with Gasteiger partial charge in [0.25, 0.3) is 0 Å². The van der Waals surface area contributed by atoms with Gasteiger partial charge in [0.15, 0.2) is 0 Å². The normalized spacial score (nSPS) is 11.9. The first-order valence-corrected chi connectivity index (χ1v) is 11.0. The molecule has 0 saturated carbocycles. The summed E-state index contributed by atoms with van der Waals surface area (Å²) in [5, 5.41) is 10.3. The quantitative estimate of drug-likeness (QED) is 0.441. The van der Waals surface area contributed by atoms with E-state index in [1.807, 2.05) is 47.2 Å². The third kappa shape index (κ3) is 4.74. The van der Waals surface area contributed by atoms with Gasteiger partial charge in [-0.2, -0.15) is 11.3 Å². The molecular weight excluding hydrogens is 384 g/mol. The van der Waals surface area contributed by atoms with Crippen LogP contribution in [0.5, 0.6) is 0 Å². The minimum absolute atomic E-state index is 0.00745. The summed E-state index contributed by atoms with van der Waals surface area (Å²) in [6.07, 6.45) is 1.05. The zero-order chi connectivity index (χ0) is 19.2. The second-order valence-corrected chi connectivity index (χ2v) is 8.19. The fourth-order valence-electron chi connectivity index (χ4n) is 3.10. The molecule has 4 rings (SSSR count). The lowest BCUT2D eigenvalue weighted by Crippen LogP contribution is -2.31. The highest BCUT2D eigenvalue weighted by Crippen LogP contribution is 2.26. The molecule has 2 aromatic carbocycles. The van der Waals surface area contributed by atoms with Crippen LogP contribution in [-0.4, -0.2) is 10.9 Å². The molecule has 1 unspecified atom stereocenters. The summed E-state index contributed by atoms with van der Waals surface area (Å²) in [6, 6.07) is 22.4. The van der Waals surface area contributed by atoms with Gasteiger partial charge in [-0.05, 0) is 29.0 Å². The Morgan fingerprint density at radius 2 is 1.71 bits per heavy atom. The molecule has 0 aliphatic rings. The van der Waals surface area contributed by atoms with E-state index in [1.54, 1.807) is 22.7 Å². The number of benzene rings is 2. The number of rotatable bonds is 7. The first-order chi connectivity index (χ1) is 13.8. The smallest absolute Gasteiger partial charge is 0.226 e. The number of carbonyl (C=O) groups excluding carboxylic acids is 1. The van der Waals surface area contributed by atoms with Crippen molar-refractivity contribution in [2.45, 2.75) is 18.9 Å². The van der Waals surface area contributed by atoms with Crippen molar-refractivity contribution in [3.05, 3.63) is 99.7 Å². The minimum atomic E-state index is -0.0638. The highest BCUT2D eigenvalue weighted by atomic mass is 32.1. The standard InChI is InChI=1S/C23H20N2OS2/c26-22(14-20-16-28-23(24-20)19-11-12-27-15-19)25-21(18-9-5-2-6-10-18)13-17-7-3-1-4-8-17/h1-12,15-16,21H,13-14H2,(H,25,26). The van der Waals surface area contributed by atoms with Gasteiger partial charge in [-0.3, -0.25) is 4.79 Å². The van der Waals surface area contributed by atoms with E-state index in [4.69, 9.17) is 0 Å². The van der Waals surface area contributed by atoms with E-state index < -0.39 is 0 Å². The number of amides is 1. The number of carbonyl (C=O) groups is 1. The number of aromatic nitrogens is 1. The minimum Gasteiger partial charge on any atom is -0.349 e. The molecule has 1 amide bonds. The Hall–Kier alpha value is -2.76. The van der Waals surface area contributed by atoms with Crippen LogP contribution in [0.1, 0.15) is 22.9 Å². The molecule has 0 radical (unpaired) electrons. The lowest BCUT2D eigenvalue weighted by atomic mass is 9.98. The number of nitrogens with zero attached hydrogens (tertiary/aromatic N) is 1. The van der Waals surface area contributed by atoms with Crippen molar-refractivity contribution in [1.29, 1.82) is 0 Å². The second kappa shape index (κ2) is 8.95. The summed E-state index contributed by atoms with van der Waals surface area (Å²) >= 11 is 3.23. The summed E-state index contributed by atoms with van der Waals surface area (Å²) < 4.78 is 0. The van der Waals surface area contributed by atoms with E-state index in [-0.39, 0.29) is 11.9 Å². The Bertz CT molecular complexity index is 1010. The summed E-state index contributed by atoms with van der Waals surface area (Å²) in [4.78, 5) is 17.4. The van der Waals surface area contributed by atoms with Crippen LogP contribution >= 0.6 is 22.7 Å². The van der Waals surface area contributed by atoms with Crippen molar-refractivity contribution < 1.29 is 4.79 Å². The first kappa shape index (κ1) is 18.6. The van der Waals surface area contributed by atoms with Gasteiger partial charge in [-0.15, -0.1) is 11.3 Å².